The summed E-state index contributed by atoms with van der Waals surface area (Å²) < 4.78 is 33.3. The Kier molecular flexibility index (Phi) is 9.04. The molecule has 1 aromatic rings. The first-order valence-corrected chi connectivity index (χ1v) is 12.1. The second-order valence-corrected chi connectivity index (χ2v) is 11.7. The highest BCUT2D eigenvalue weighted by Crippen LogP contribution is 2.43. The van der Waals surface area contributed by atoms with Gasteiger partial charge in [0.1, 0.15) is 0 Å². The van der Waals surface area contributed by atoms with Crippen LogP contribution in [0.3, 0.4) is 0 Å². The molecule has 0 saturated heterocycles. The lowest BCUT2D eigenvalue weighted by Crippen LogP contribution is -2.43. The summed E-state index contributed by atoms with van der Waals surface area (Å²) in [5.41, 5.74) is 6.91. The summed E-state index contributed by atoms with van der Waals surface area (Å²) in [6, 6.07) is 3.23. The van der Waals surface area contributed by atoms with E-state index in [4.69, 9.17) is 5.73 Å². The Morgan fingerprint density at radius 1 is 0.969 bits per heavy atom. The number of rotatable bonds is 10. The van der Waals surface area contributed by atoms with E-state index in [-0.39, 0.29) is 22.1 Å². The van der Waals surface area contributed by atoms with Crippen molar-refractivity contribution in [3.8, 4) is 0 Å². The Bertz CT molecular complexity index is 932. The summed E-state index contributed by atoms with van der Waals surface area (Å²) in [6.45, 7) is 13.3. The summed E-state index contributed by atoms with van der Waals surface area (Å²) in [6.07, 6.45) is 0.739. The van der Waals surface area contributed by atoms with Gasteiger partial charge in [0.15, 0.2) is 0 Å². The summed E-state index contributed by atoms with van der Waals surface area (Å²) in [7, 11) is -4.54. The van der Waals surface area contributed by atoms with Crippen molar-refractivity contribution in [3.63, 3.8) is 0 Å². The van der Waals surface area contributed by atoms with E-state index in [1.807, 2.05) is 13.8 Å². The molecular formula is C23H37NO7S. The molecule has 1 aromatic carbocycles. The lowest BCUT2D eigenvalue weighted by Gasteiger charge is -2.34. The molecule has 8 nitrogen and oxygen atoms in total. The molecule has 0 aromatic heterocycles. The van der Waals surface area contributed by atoms with Crippen LogP contribution in [0.5, 0.6) is 0 Å². The molecule has 5 atom stereocenters. The van der Waals surface area contributed by atoms with Gasteiger partial charge in [0.25, 0.3) is 10.1 Å². The molecule has 1 rings (SSSR count). The van der Waals surface area contributed by atoms with Gasteiger partial charge in [-0.2, -0.15) is 8.42 Å². The minimum Gasteiger partial charge on any atom is -0.481 e. The highest BCUT2D eigenvalue weighted by atomic mass is 32.2. The molecule has 0 radical (unpaired) electrons. The van der Waals surface area contributed by atoms with E-state index in [0.717, 1.165) is 12.0 Å². The standard InChI is InChI=1S/C23H37NO7S/c1-12(2)18(11-23(5,6)7)16-9-8-15(32(29,30)31)10-17(16)13(3)19(21(25)26)20(14(4)24)22(27)28/h8-10,12-14,18-20H,11,24H2,1-7H3,(H,25,26)(H,27,28)(H,29,30,31). The van der Waals surface area contributed by atoms with Crippen LogP contribution < -0.4 is 5.73 Å². The number of carbonyl (C=O) groups is 2. The molecule has 0 amide bonds. The fourth-order valence-electron chi connectivity index (χ4n) is 4.39. The van der Waals surface area contributed by atoms with Gasteiger partial charge in [0.2, 0.25) is 0 Å². The van der Waals surface area contributed by atoms with E-state index in [9.17, 15) is 32.8 Å². The normalized spacial score (nSPS) is 17.4. The molecule has 0 spiro atoms. The van der Waals surface area contributed by atoms with Crippen LogP contribution in [0.4, 0.5) is 0 Å². The van der Waals surface area contributed by atoms with E-state index in [1.54, 1.807) is 13.0 Å². The predicted octanol–water partition coefficient (Wildman–Crippen LogP) is 3.96. The van der Waals surface area contributed by atoms with Gasteiger partial charge in [-0.15, -0.1) is 0 Å². The van der Waals surface area contributed by atoms with Crippen molar-refractivity contribution in [3.05, 3.63) is 29.3 Å². The predicted molar refractivity (Wildman–Crippen MR) is 122 cm³/mol. The molecule has 0 aliphatic rings. The number of carboxylic acid groups (broad SMARTS) is 2. The second kappa shape index (κ2) is 10.3. The van der Waals surface area contributed by atoms with Crippen molar-refractivity contribution >= 4 is 22.1 Å². The summed E-state index contributed by atoms with van der Waals surface area (Å²) >= 11 is 0. The van der Waals surface area contributed by atoms with Crippen molar-refractivity contribution in [2.75, 3.05) is 0 Å². The van der Waals surface area contributed by atoms with Gasteiger partial charge in [-0.3, -0.25) is 14.1 Å². The quantitative estimate of drug-likeness (QED) is 0.374. The number of hydrogen-bond acceptors (Lipinski definition) is 5. The van der Waals surface area contributed by atoms with E-state index in [0.29, 0.717) is 5.56 Å². The van der Waals surface area contributed by atoms with E-state index >= 15 is 0 Å². The van der Waals surface area contributed by atoms with Gasteiger partial charge in [-0.25, -0.2) is 0 Å². The maximum atomic E-state index is 12.2. The Labute approximate surface area is 191 Å². The van der Waals surface area contributed by atoms with Gasteiger partial charge >= 0.3 is 11.9 Å². The molecule has 0 saturated carbocycles. The first kappa shape index (κ1) is 28.1. The SMILES string of the molecule is CC(C)C(CC(C)(C)C)c1ccc(S(=O)(=O)O)cc1C(C)C(C(=O)O)C(C(=O)O)C(C)N. The number of nitrogens with two attached hydrogens (primary N) is 1. The molecule has 5 N–H and O–H groups in total. The molecular weight excluding hydrogens is 434 g/mol. The van der Waals surface area contributed by atoms with Crippen molar-refractivity contribution in [1.82, 2.24) is 0 Å². The lowest BCUT2D eigenvalue weighted by atomic mass is 9.70. The van der Waals surface area contributed by atoms with Crippen LogP contribution in [0.25, 0.3) is 0 Å². The number of aliphatic carboxylic acids is 2. The summed E-state index contributed by atoms with van der Waals surface area (Å²) in [4.78, 5) is 23.7. The van der Waals surface area contributed by atoms with Crippen LogP contribution in [0, 0.1) is 23.2 Å². The largest absolute Gasteiger partial charge is 0.481 e. The first-order chi connectivity index (χ1) is 14.4. The number of carboxylic acids is 2. The third-order valence-corrected chi connectivity index (χ3v) is 6.80. The van der Waals surface area contributed by atoms with Crippen LogP contribution in [0.2, 0.25) is 0 Å². The van der Waals surface area contributed by atoms with Gasteiger partial charge in [-0.1, -0.05) is 47.6 Å². The van der Waals surface area contributed by atoms with E-state index in [2.05, 4.69) is 20.8 Å². The molecule has 0 bridgehead atoms. The summed E-state index contributed by atoms with van der Waals surface area (Å²) in [5.74, 6) is -6.23. The van der Waals surface area contributed by atoms with Crippen LogP contribution in [0.1, 0.15) is 77.8 Å². The van der Waals surface area contributed by atoms with Crippen molar-refractivity contribution < 1.29 is 32.8 Å². The molecule has 0 fully saturated rings. The van der Waals surface area contributed by atoms with Gasteiger partial charge < -0.3 is 15.9 Å². The minimum atomic E-state index is -4.54. The zero-order chi connectivity index (χ0) is 25.2. The third-order valence-electron chi connectivity index (χ3n) is 5.95. The molecule has 0 aliphatic carbocycles. The van der Waals surface area contributed by atoms with Crippen LogP contribution in [-0.2, 0) is 19.7 Å². The average molecular weight is 472 g/mol. The highest BCUT2D eigenvalue weighted by molar-refractivity contribution is 7.85. The van der Waals surface area contributed by atoms with Crippen molar-refractivity contribution in [1.29, 1.82) is 0 Å². The molecule has 182 valence electrons. The minimum absolute atomic E-state index is 0.0454. The fraction of sp³-hybridized carbons (Fsp3) is 0.652. The average Bonchev–Trinajstić information content (AvgIpc) is 2.60. The molecule has 0 aliphatic heterocycles. The molecule has 5 unspecified atom stereocenters. The van der Waals surface area contributed by atoms with E-state index < -0.39 is 45.9 Å². The Morgan fingerprint density at radius 3 is 1.81 bits per heavy atom. The Hall–Kier alpha value is -1.97. The highest BCUT2D eigenvalue weighted by Gasteiger charge is 2.42. The third kappa shape index (κ3) is 7.02. The van der Waals surface area contributed by atoms with Gasteiger partial charge in [-0.05, 0) is 59.8 Å². The smallest absolute Gasteiger partial charge is 0.308 e. The zero-order valence-electron chi connectivity index (χ0n) is 19.9. The molecule has 0 heterocycles. The number of benzene rings is 1. The lowest BCUT2D eigenvalue weighted by molar-refractivity contribution is -0.155. The monoisotopic (exact) mass is 471 g/mol. The Morgan fingerprint density at radius 2 is 1.47 bits per heavy atom. The molecule has 9 heteroatoms. The number of hydrogen-bond donors (Lipinski definition) is 4. The fourth-order valence-corrected chi connectivity index (χ4v) is 4.90. The van der Waals surface area contributed by atoms with Gasteiger partial charge in [0.05, 0.1) is 16.7 Å². The van der Waals surface area contributed by atoms with E-state index in [1.165, 1.54) is 19.1 Å². The van der Waals surface area contributed by atoms with Crippen LogP contribution >= 0.6 is 0 Å². The zero-order valence-corrected chi connectivity index (χ0v) is 20.7. The van der Waals surface area contributed by atoms with Crippen molar-refractivity contribution in [2.24, 2.45) is 28.9 Å². The molecule has 32 heavy (non-hydrogen) atoms. The maximum Gasteiger partial charge on any atom is 0.308 e. The van der Waals surface area contributed by atoms with Gasteiger partial charge in [0, 0.05) is 6.04 Å². The topological polar surface area (TPSA) is 155 Å². The second-order valence-electron chi connectivity index (χ2n) is 10.3. The van der Waals surface area contributed by atoms with Crippen LogP contribution in [-0.4, -0.2) is 41.2 Å². The maximum absolute atomic E-state index is 12.2. The Balaban J connectivity index is 3.85. The summed E-state index contributed by atoms with van der Waals surface area (Å²) in [5, 5.41) is 19.6. The first-order valence-electron chi connectivity index (χ1n) is 10.7. The van der Waals surface area contributed by atoms with Crippen LogP contribution in [0.15, 0.2) is 23.1 Å². The van der Waals surface area contributed by atoms with Crippen molar-refractivity contribution in [2.45, 2.75) is 77.7 Å².